The lowest BCUT2D eigenvalue weighted by Crippen LogP contribution is -2.26. The minimum atomic E-state index is 0.396. The lowest BCUT2D eigenvalue weighted by Gasteiger charge is -2.10. The van der Waals surface area contributed by atoms with Gasteiger partial charge in [-0.3, -0.25) is 0 Å². The molecule has 182 valence electrons. The van der Waals surface area contributed by atoms with Crippen LogP contribution in [0, 0.1) is 0 Å². The number of nitrogens with zero attached hydrogens (tertiary/aromatic N) is 5. The topological polar surface area (TPSA) is 94.1 Å². The summed E-state index contributed by atoms with van der Waals surface area (Å²) in [4.78, 5) is 10.9. The molecule has 5 rings (SSSR count). The Morgan fingerprint density at radius 1 is 0.889 bits per heavy atom. The van der Waals surface area contributed by atoms with Crippen LogP contribution in [-0.2, 0) is 6.54 Å². The van der Waals surface area contributed by atoms with Crippen LogP contribution in [0.25, 0.3) is 28.0 Å². The molecule has 3 aromatic carbocycles. The fraction of sp³-hybridized carbons (Fsp3) is 0.179. The van der Waals surface area contributed by atoms with E-state index in [2.05, 4.69) is 46.4 Å². The molecule has 0 bridgehead atoms. The van der Waals surface area contributed by atoms with Crippen LogP contribution in [0.2, 0.25) is 0 Å². The highest BCUT2D eigenvalue weighted by Crippen LogP contribution is 2.33. The van der Waals surface area contributed by atoms with E-state index in [9.17, 15) is 0 Å². The first-order chi connectivity index (χ1) is 17.6. The van der Waals surface area contributed by atoms with Gasteiger partial charge in [0.15, 0.2) is 5.65 Å². The second-order valence-corrected chi connectivity index (χ2v) is 8.80. The molecular formula is C28H29N7O. The fourth-order valence-corrected chi connectivity index (χ4v) is 3.95. The average Bonchev–Trinajstić information content (AvgIpc) is 3.29. The number of nitrogens with two attached hydrogens (primary N) is 1. The third kappa shape index (κ3) is 5.19. The Kier molecular flexibility index (Phi) is 6.88. The van der Waals surface area contributed by atoms with Crippen molar-refractivity contribution >= 4 is 16.9 Å². The molecular weight excluding hydrogens is 450 g/mol. The number of benzene rings is 3. The maximum absolute atomic E-state index is 6.29. The molecule has 8 nitrogen and oxygen atoms in total. The smallest absolute Gasteiger partial charge is 0.169 e. The number of hydrogen-bond donors (Lipinski definition) is 2. The first-order valence-corrected chi connectivity index (χ1v) is 11.9. The first kappa shape index (κ1) is 23.5. The van der Waals surface area contributed by atoms with Gasteiger partial charge in [-0.05, 0) is 68.2 Å². The summed E-state index contributed by atoms with van der Waals surface area (Å²) in [6, 6.07) is 25.8. The van der Waals surface area contributed by atoms with Gasteiger partial charge in [0.1, 0.15) is 29.3 Å². The number of likely N-dealkylation sites (N-methyl/N-ethyl adjacent to an activating group) is 1. The van der Waals surface area contributed by atoms with Crippen LogP contribution in [0.3, 0.4) is 0 Å². The molecule has 0 fully saturated rings. The number of hydrogen-bond acceptors (Lipinski definition) is 7. The molecule has 0 aliphatic rings. The predicted octanol–water partition coefficient (Wildman–Crippen LogP) is 4.51. The van der Waals surface area contributed by atoms with Gasteiger partial charge in [-0.1, -0.05) is 30.3 Å². The molecule has 0 radical (unpaired) electrons. The van der Waals surface area contributed by atoms with Crippen molar-refractivity contribution in [1.29, 1.82) is 0 Å². The molecule has 0 amide bonds. The Hall–Kier alpha value is -4.27. The molecule has 36 heavy (non-hydrogen) atoms. The number of aromatic nitrogens is 4. The summed E-state index contributed by atoms with van der Waals surface area (Å²) in [7, 11) is 4.14. The minimum absolute atomic E-state index is 0.396. The molecule has 0 unspecified atom stereocenters. The molecule has 5 aromatic rings. The van der Waals surface area contributed by atoms with Gasteiger partial charge in [0.25, 0.3) is 0 Å². The Balaban J connectivity index is 1.42. The van der Waals surface area contributed by atoms with E-state index < -0.39 is 0 Å². The molecule has 0 atom stereocenters. The van der Waals surface area contributed by atoms with Crippen molar-refractivity contribution in [3.05, 3.63) is 90.8 Å². The van der Waals surface area contributed by atoms with Gasteiger partial charge in [0.2, 0.25) is 0 Å². The zero-order valence-corrected chi connectivity index (χ0v) is 20.4. The largest absolute Gasteiger partial charge is 0.457 e. The quantitative estimate of drug-likeness (QED) is 0.301. The van der Waals surface area contributed by atoms with E-state index in [-0.39, 0.29) is 0 Å². The van der Waals surface area contributed by atoms with Gasteiger partial charge in [-0.2, -0.15) is 5.10 Å². The van der Waals surface area contributed by atoms with E-state index in [1.54, 1.807) is 0 Å². The number of anilines is 1. The van der Waals surface area contributed by atoms with E-state index in [0.29, 0.717) is 11.5 Å². The van der Waals surface area contributed by atoms with Gasteiger partial charge in [-0.15, -0.1) is 0 Å². The highest BCUT2D eigenvalue weighted by atomic mass is 16.5. The van der Waals surface area contributed by atoms with Gasteiger partial charge in [-0.25, -0.2) is 14.6 Å². The van der Waals surface area contributed by atoms with E-state index in [1.807, 2.05) is 71.4 Å². The molecule has 0 saturated heterocycles. The number of nitrogen functional groups attached to an aromatic ring is 1. The predicted molar refractivity (Wildman–Crippen MR) is 143 cm³/mol. The van der Waals surface area contributed by atoms with E-state index in [4.69, 9.17) is 15.6 Å². The van der Waals surface area contributed by atoms with Gasteiger partial charge in [0.05, 0.1) is 11.1 Å². The second kappa shape index (κ2) is 10.6. The third-order valence-electron chi connectivity index (χ3n) is 5.85. The van der Waals surface area contributed by atoms with Crippen molar-refractivity contribution in [3.63, 3.8) is 0 Å². The second-order valence-electron chi connectivity index (χ2n) is 8.80. The number of ether oxygens (including phenoxy) is 1. The maximum Gasteiger partial charge on any atom is 0.169 e. The first-order valence-electron chi connectivity index (χ1n) is 11.9. The summed E-state index contributed by atoms with van der Waals surface area (Å²) in [5.74, 6) is 1.93. The number of fused-ring (bicyclic) bond motifs is 1. The summed E-state index contributed by atoms with van der Waals surface area (Å²) in [6.45, 7) is 2.75. The summed E-state index contributed by atoms with van der Waals surface area (Å²) in [5.41, 5.74) is 10.7. The summed E-state index contributed by atoms with van der Waals surface area (Å²) in [5, 5.41) is 9.09. The average molecular weight is 480 g/mol. The van der Waals surface area contributed by atoms with Gasteiger partial charge >= 0.3 is 0 Å². The molecule has 8 heteroatoms. The monoisotopic (exact) mass is 479 g/mol. The fourth-order valence-electron chi connectivity index (χ4n) is 3.95. The van der Waals surface area contributed by atoms with E-state index >= 15 is 0 Å². The lowest BCUT2D eigenvalue weighted by molar-refractivity contribution is 0.400. The van der Waals surface area contributed by atoms with Gasteiger partial charge < -0.3 is 20.7 Å². The normalized spacial score (nSPS) is 11.3. The summed E-state index contributed by atoms with van der Waals surface area (Å²) >= 11 is 0. The molecule has 2 aromatic heterocycles. The zero-order chi connectivity index (χ0) is 24.9. The Bertz CT molecular complexity index is 1430. The lowest BCUT2D eigenvalue weighted by atomic mass is 10.1. The molecule has 0 aliphatic carbocycles. The Morgan fingerprint density at radius 2 is 1.61 bits per heavy atom. The Morgan fingerprint density at radius 3 is 2.33 bits per heavy atom. The van der Waals surface area contributed by atoms with Crippen LogP contribution in [0.1, 0.15) is 5.56 Å². The summed E-state index contributed by atoms with van der Waals surface area (Å²) in [6.07, 6.45) is 1.47. The van der Waals surface area contributed by atoms with Crippen LogP contribution < -0.4 is 15.8 Å². The van der Waals surface area contributed by atoms with Crippen molar-refractivity contribution in [2.45, 2.75) is 6.54 Å². The highest BCUT2D eigenvalue weighted by Gasteiger charge is 2.18. The molecule has 2 heterocycles. The molecule has 0 aliphatic heterocycles. The molecule has 0 saturated carbocycles. The van der Waals surface area contributed by atoms with Crippen molar-refractivity contribution in [2.24, 2.45) is 0 Å². The zero-order valence-electron chi connectivity index (χ0n) is 20.4. The summed E-state index contributed by atoms with van der Waals surface area (Å²) < 4.78 is 7.75. The van der Waals surface area contributed by atoms with Crippen LogP contribution in [-0.4, -0.2) is 51.8 Å². The van der Waals surface area contributed by atoms with Gasteiger partial charge in [0, 0.05) is 25.2 Å². The maximum atomic E-state index is 6.29. The van der Waals surface area contributed by atoms with Crippen LogP contribution >= 0.6 is 0 Å². The van der Waals surface area contributed by atoms with Crippen molar-refractivity contribution in [3.8, 4) is 28.4 Å². The van der Waals surface area contributed by atoms with E-state index in [0.717, 1.165) is 53.5 Å². The van der Waals surface area contributed by atoms with Crippen LogP contribution in [0.5, 0.6) is 11.5 Å². The number of nitrogens with one attached hydrogen (secondary N) is 1. The number of para-hydroxylation sites is 1. The Labute approximate surface area is 210 Å². The standard InChI is InChI=1S/C28H29N7O/c1-34(2)17-16-30-18-20-8-12-22(13-9-20)35-28-25(27(29)31-19-32-28)26(33-35)21-10-14-24(15-11-21)36-23-6-4-3-5-7-23/h3-15,19,30H,16-18H2,1-2H3,(H2,29,31,32). The third-order valence-corrected chi connectivity index (χ3v) is 5.85. The van der Waals surface area contributed by atoms with Crippen molar-refractivity contribution in [2.75, 3.05) is 32.9 Å². The number of rotatable bonds is 9. The van der Waals surface area contributed by atoms with Crippen LogP contribution in [0.15, 0.2) is 85.2 Å². The molecule has 0 spiro atoms. The highest BCUT2D eigenvalue weighted by molar-refractivity contribution is 5.98. The molecule has 3 N–H and O–H groups in total. The van der Waals surface area contributed by atoms with Crippen molar-refractivity contribution < 1.29 is 4.74 Å². The SMILES string of the molecule is CN(C)CCNCc1ccc(-n2nc(-c3ccc(Oc4ccccc4)cc3)c3c(N)ncnc32)cc1. The van der Waals surface area contributed by atoms with Crippen LogP contribution in [0.4, 0.5) is 5.82 Å². The van der Waals surface area contributed by atoms with E-state index in [1.165, 1.54) is 11.9 Å². The minimum Gasteiger partial charge on any atom is -0.457 e. The van der Waals surface area contributed by atoms with Crippen molar-refractivity contribution in [1.82, 2.24) is 30.0 Å².